The van der Waals surface area contributed by atoms with E-state index < -0.39 is 0 Å². The van der Waals surface area contributed by atoms with E-state index in [1.54, 1.807) is 12.4 Å². The maximum Gasteiger partial charge on any atom is 0.222 e. The fourth-order valence-corrected chi connectivity index (χ4v) is 1.97. The first-order chi connectivity index (χ1) is 7.34. The summed E-state index contributed by atoms with van der Waals surface area (Å²) < 4.78 is 0. The Bertz CT molecular complexity index is 283. The number of anilines is 1. The molecule has 2 rings (SSSR count). The van der Waals surface area contributed by atoms with Gasteiger partial charge in [-0.15, -0.1) is 0 Å². The van der Waals surface area contributed by atoms with Gasteiger partial charge in [0, 0.05) is 18.9 Å². The maximum atomic E-state index is 9.37. The first kappa shape index (κ1) is 10.4. The lowest BCUT2D eigenvalue weighted by Gasteiger charge is -2.25. The lowest BCUT2D eigenvalue weighted by molar-refractivity contribution is 0.111. The third kappa shape index (κ3) is 3.16. The third-order valence-corrected chi connectivity index (χ3v) is 2.93. The summed E-state index contributed by atoms with van der Waals surface area (Å²) in [6.45, 7) is 0.913. The van der Waals surface area contributed by atoms with E-state index in [0.29, 0.717) is 11.9 Å². The third-order valence-electron chi connectivity index (χ3n) is 2.93. The van der Waals surface area contributed by atoms with Gasteiger partial charge in [-0.05, 0) is 37.7 Å². The van der Waals surface area contributed by atoms with Gasteiger partial charge in [-0.1, -0.05) is 0 Å². The molecule has 4 heteroatoms. The Morgan fingerprint density at radius 2 is 1.87 bits per heavy atom. The van der Waals surface area contributed by atoms with Crippen molar-refractivity contribution in [2.75, 3.05) is 11.9 Å². The summed E-state index contributed by atoms with van der Waals surface area (Å²) in [6, 6.07) is 1.81. The van der Waals surface area contributed by atoms with Gasteiger partial charge >= 0.3 is 0 Å². The van der Waals surface area contributed by atoms with Gasteiger partial charge in [0.25, 0.3) is 0 Å². The van der Waals surface area contributed by atoms with Crippen LogP contribution in [0.15, 0.2) is 18.5 Å². The summed E-state index contributed by atoms with van der Waals surface area (Å²) in [5.74, 6) is 1.35. The molecule has 0 radical (unpaired) electrons. The molecule has 0 bridgehead atoms. The Morgan fingerprint density at radius 1 is 1.20 bits per heavy atom. The minimum atomic E-state index is -0.0748. The molecule has 0 aromatic carbocycles. The van der Waals surface area contributed by atoms with E-state index in [9.17, 15) is 5.11 Å². The fourth-order valence-electron chi connectivity index (χ4n) is 1.97. The molecule has 1 aromatic heterocycles. The molecular formula is C11H17N3O. The molecule has 0 spiro atoms. The summed E-state index contributed by atoms with van der Waals surface area (Å²) in [5, 5.41) is 12.6. The van der Waals surface area contributed by atoms with Crippen LogP contribution in [-0.2, 0) is 0 Å². The molecular weight excluding hydrogens is 190 g/mol. The molecule has 2 N–H and O–H groups in total. The highest BCUT2D eigenvalue weighted by Crippen LogP contribution is 2.23. The highest BCUT2D eigenvalue weighted by Gasteiger charge is 2.18. The van der Waals surface area contributed by atoms with E-state index in [4.69, 9.17) is 0 Å². The van der Waals surface area contributed by atoms with E-state index >= 15 is 0 Å². The molecule has 0 amide bonds. The predicted octanol–water partition coefficient (Wildman–Crippen LogP) is 1.44. The second-order valence-corrected chi connectivity index (χ2v) is 4.13. The van der Waals surface area contributed by atoms with Gasteiger partial charge < -0.3 is 10.4 Å². The summed E-state index contributed by atoms with van der Waals surface area (Å²) >= 11 is 0. The van der Waals surface area contributed by atoms with E-state index in [0.717, 1.165) is 32.2 Å². The molecule has 15 heavy (non-hydrogen) atoms. The van der Waals surface area contributed by atoms with Crippen molar-refractivity contribution in [3.63, 3.8) is 0 Å². The molecule has 1 aliphatic carbocycles. The first-order valence-corrected chi connectivity index (χ1v) is 5.53. The SMILES string of the molecule is OC1CCC(CNc2ncccn2)CC1. The number of hydrogen-bond acceptors (Lipinski definition) is 4. The molecule has 0 atom stereocenters. The molecule has 1 heterocycles. The second-order valence-electron chi connectivity index (χ2n) is 4.13. The second kappa shape index (κ2) is 5.07. The molecule has 1 aromatic rings. The zero-order valence-corrected chi connectivity index (χ0v) is 8.76. The zero-order chi connectivity index (χ0) is 10.5. The lowest BCUT2D eigenvalue weighted by atomic mass is 9.87. The van der Waals surface area contributed by atoms with Gasteiger partial charge in [-0.3, -0.25) is 0 Å². The topological polar surface area (TPSA) is 58.0 Å². The van der Waals surface area contributed by atoms with E-state index in [-0.39, 0.29) is 6.10 Å². The highest BCUT2D eigenvalue weighted by molar-refractivity contribution is 5.21. The summed E-state index contributed by atoms with van der Waals surface area (Å²) in [5.41, 5.74) is 0. The van der Waals surface area contributed by atoms with Crippen LogP contribution in [0.4, 0.5) is 5.95 Å². The molecule has 82 valence electrons. The van der Waals surface area contributed by atoms with Gasteiger partial charge in [-0.25, -0.2) is 9.97 Å². The maximum absolute atomic E-state index is 9.37. The Balaban J connectivity index is 1.74. The van der Waals surface area contributed by atoms with E-state index in [1.807, 2.05) is 6.07 Å². The lowest BCUT2D eigenvalue weighted by Crippen LogP contribution is -2.24. The van der Waals surface area contributed by atoms with Crippen molar-refractivity contribution in [1.29, 1.82) is 0 Å². The monoisotopic (exact) mass is 207 g/mol. The van der Waals surface area contributed by atoms with Crippen LogP contribution in [-0.4, -0.2) is 27.7 Å². The van der Waals surface area contributed by atoms with Gasteiger partial charge in [-0.2, -0.15) is 0 Å². The summed E-state index contributed by atoms with van der Waals surface area (Å²) in [4.78, 5) is 8.21. The Hall–Kier alpha value is -1.16. The van der Waals surface area contributed by atoms with Crippen LogP contribution in [0.3, 0.4) is 0 Å². The number of aliphatic hydroxyl groups excluding tert-OH is 1. The van der Waals surface area contributed by atoms with Crippen molar-refractivity contribution in [2.24, 2.45) is 5.92 Å². The number of nitrogens with one attached hydrogen (secondary N) is 1. The molecule has 0 aliphatic heterocycles. The van der Waals surface area contributed by atoms with Crippen molar-refractivity contribution < 1.29 is 5.11 Å². The van der Waals surface area contributed by atoms with Crippen molar-refractivity contribution >= 4 is 5.95 Å². The van der Waals surface area contributed by atoms with Crippen molar-refractivity contribution in [2.45, 2.75) is 31.8 Å². The quantitative estimate of drug-likeness (QED) is 0.787. The van der Waals surface area contributed by atoms with Gasteiger partial charge in [0.05, 0.1) is 6.10 Å². The van der Waals surface area contributed by atoms with E-state index in [1.165, 1.54) is 0 Å². The fraction of sp³-hybridized carbons (Fsp3) is 0.636. The van der Waals surface area contributed by atoms with Crippen LogP contribution in [0.5, 0.6) is 0 Å². The largest absolute Gasteiger partial charge is 0.393 e. The summed E-state index contributed by atoms with van der Waals surface area (Å²) in [6.07, 6.45) is 7.46. The minimum absolute atomic E-state index is 0.0748. The standard InChI is InChI=1S/C11H17N3O/c15-10-4-2-9(3-5-10)8-14-11-12-6-1-7-13-11/h1,6-7,9-10,15H,2-5,8H2,(H,12,13,14). The molecule has 1 aliphatic rings. The predicted molar refractivity (Wildman–Crippen MR) is 58.5 cm³/mol. The van der Waals surface area contributed by atoms with Crippen LogP contribution in [0.1, 0.15) is 25.7 Å². The van der Waals surface area contributed by atoms with Crippen LogP contribution in [0, 0.1) is 5.92 Å². The number of hydrogen-bond donors (Lipinski definition) is 2. The highest BCUT2D eigenvalue weighted by atomic mass is 16.3. The van der Waals surface area contributed by atoms with Crippen LogP contribution >= 0.6 is 0 Å². The van der Waals surface area contributed by atoms with Crippen molar-refractivity contribution in [3.05, 3.63) is 18.5 Å². The minimum Gasteiger partial charge on any atom is -0.393 e. The van der Waals surface area contributed by atoms with Crippen LogP contribution in [0.25, 0.3) is 0 Å². The zero-order valence-electron chi connectivity index (χ0n) is 8.76. The van der Waals surface area contributed by atoms with Crippen LogP contribution < -0.4 is 5.32 Å². The average Bonchev–Trinajstić information content (AvgIpc) is 2.30. The summed E-state index contributed by atoms with van der Waals surface area (Å²) in [7, 11) is 0. The Morgan fingerprint density at radius 3 is 2.53 bits per heavy atom. The van der Waals surface area contributed by atoms with Gasteiger partial charge in [0.1, 0.15) is 0 Å². The number of rotatable bonds is 3. The normalized spacial score (nSPS) is 26.2. The Labute approximate surface area is 89.8 Å². The van der Waals surface area contributed by atoms with E-state index in [2.05, 4.69) is 15.3 Å². The van der Waals surface area contributed by atoms with Crippen molar-refractivity contribution in [3.8, 4) is 0 Å². The van der Waals surface area contributed by atoms with Crippen LogP contribution in [0.2, 0.25) is 0 Å². The van der Waals surface area contributed by atoms with Gasteiger partial charge in [0.2, 0.25) is 5.95 Å². The molecule has 1 saturated carbocycles. The first-order valence-electron chi connectivity index (χ1n) is 5.53. The molecule has 0 saturated heterocycles. The van der Waals surface area contributed by atoms with Gasteiger partial charge in [0.15, 0.2) is 0 Å². The van der Waals surface area contributed by atoms with Crippen molar-refractivity contribution in [1.82, 2.24) is 9.97 Å². The number of nitrogens with zero attached hydrogens (tertiary/aromatic N) is 2. The average molecular weight is 207 g/mol. The molecule has 4 nitrogen and oxygen atoms in total. The Kier molecular flexibility index (Phi) is 3.50. The number of aromatic nitrogens is 2. The number of aliphatic hydroxyl groups is 1. The molecule has 0 unspecified atom stereocenters. The smallest absolute Gasteiger partial charge is 0.222 e. The molecule has 1 fully saturated rings.